The summed E-state index contributed by atoms with van der Waals surface area (Å²) in [5.74, 6) is 0.113. The Hall–Kier alpha value is -2.38. The summed E-state index contributed by atoms with van der Waals surface area (Å²) in [5.41, 5.74) is 3.94. The molecule has 1 aromatic heterocycles. The van der Waals surface area contributed by atoms with Crippen molar-refractivity contribution in [2.24, 2.45) is 0 Å². The standard InChI is InChI=1S/C20H26N4O2S/c1-15-3-4-18(13-16(15)2)22-20(26)21-6-7-23-8-10-24(11-9-23)19(25)17-5-12-27-14-17/h3-5,12-14H,6-11H2,1-2H3,(H2,21,22,26). The van der Waals surface area contributed by atoms with Crippen LogP contribution >= 0.6 is 11.3 Å². The van der Waals surface area contributed by atoms with Crippen LogP contribution in [0.3, 0.4) is 0 Å². The third kappa shape index (κ3) is 5.30. The predicted octanol–water partition coefficient (Wildman–Crippen LogP) is 2.94. The fourth-order valence-corrected chi connectivity index (χ4v) is 3.70. The van der Waals surface area contributed by atoms with Crippen LogP contribution in [-0.4, -0.2) is 61.0 Å². The average molecular weight is 387 g/mol. The second-order valence-electron chi connectivity index (χ2n) is 6.83. The number of rotatable bonds is 5. The summed E-state index contributed by atoms with van der Waals surface area (Å²) in [6.45, 7) is 8.55. The number of hydrogen-bond acceptors (Lipinski definition) is 4. The summed E-state index contributed by atoms with van der Waals surface area (Å²) in [7, 11) is 0. The van der Waals surface area contributed by atoms with Gasteiger partial charge in [0, 0.05) is 50.3 Å². The number of thiophene rings is 1. The molecule has 1 saturated heterocycles. The van der Waals surface area contributed by atoms with Gasteiger partial charge in [-0.1, -0.05) is 6.07 Å². The van der Waals surface area contributed by atoms with Gasteiger partial charge >= 0.3 is 6.03 Å². The Bertz CT molecular complexity index is 783. The summed E-state index contributed by atoms with van der Waals surface area (Å²) < 4.78 is 0. The van der Waals surface area contributed by atoms with Crippen molar-refractivity contribution in [3.05, 3.63) is 51.7 Å². The molecule has 0 spiro atoms. The summed E-state index contributed by atoms with van der Waals surface area (Å²) in [6.07, 6.45) is 0. The van der Waals surface area contributed by atoms with Crippen molar-refractivity contribution in [3.63, 3.8) is 0 Å². The molecule has 1 aliphatic heterocycles. The molecule has 1 aromatic carbocycles. The van der Waals surface area contributed by atoms with E-state index in [1.165, 1.54) is 5.56 Å². The zero-order valence-corrected chi connectivity index (χ0v) is 16.6. The molecule has 3 amide bonds. The van der Waals surface area contributed by atoms with E-state index in [-0.39, 0.29) is 11.9 Å². The first kappa shape index (κ1) is 19.4. The Kier molecular flexibility index (Phi) is 6.47. The van der Waals surface area contributed by atoms with E-state index >= 15 is 0 Å². The molecule has 1 fully saturated rings. The average Bonchev–Trinajstić information content (AvgIpc) is 3.19. The molecule has 2 aromatic rings. The Morgan fingerprint density at radius 3 is 2.52 bits per heavy atom. The molecule has 2 N–H and O–H groups in total. The first-order valence-corrected chi connectivity index (χ1v) is 10.1. The van der Waals surface area contributed by atoms with Crippen LogP contribution in [0.15, 0.2) is 35.0 Å². The fourth-order valence-electron chi connectivity index (χ4n) is 3.07. The Morgan fingerprint density at radius 1 is 1.07 bits per heavy atom. The van der Waals surface area contributed by atoms with Gasteiger partial charge in [-0.2, -0.15) is 11.3 Å². The highest BCUT2D eigenvalue weighted by Gasteiger charge is 2.22. The molecule has 0 bridgehead atoms. The van der Waals surface area contributed by atoms with Crippen LogP contribution in [0.25, 0.3) is 0 Å². The molecule has 144 valence electrons. The van der Waals surface area contributed by atoms with E-state index < -0.39 is 0 Å². The van der Waals surface area contributed by atoms with Crippen molar-refractivity contribution < 1.29 is 9.59 Å². The van der Waals surface area contributed by atoms with Crippen LogP contribution in [-0.2, 0) is 0 Å². The van der Waals surface area contributed by atoms with E-state index in [1.54, 1.807) is 11.3 Å². The van der Waals surface area contributed by atoms with E-state index in [4.69, 9.17) is 0 Å². The number of nitrogens with zero attached hydrogens (tertiary/aromatic N) is 2. The van der Waals surface area contributed by atoms with Gasteiger partial charge in [0.15, 0.2) is 0 Å². The molecular formula is C20H26N4O2S. The maximum Gasteiger partial charge on any atom is 0.319 e. The zero-order chi connectivity index (χ0) is 19.2. The Balaban J connectivity index is 1.36. The Labute approximate surface area is 164 Å². The molecule has 2 heterocycles. The molecule has 0 radical (unpaired) electrons. The SMILES string of the molecule is Cc1ccc(NC(=O)NCCN2CCN(C(=O)c3ccsc3)CC2)cc1C. The van der Waals surface area contributed by atoms with Crippen molar-refractivity contribution in [1.82, 2.24) is 15.1 Å². The quantitative estimate of drug-likeness (QED) is 0.830. The van der Waals surface area contributed by atoms with Gasteiger partial charge in [0.2, 0.25) is 0 Å². The minimum absolute atomic E-state index is 0.113. The van der Waals surface area contributed by atoms with Gasteiger partial charge < -0.3 is 15.5 Å². The lowest BCUT2D eigenvalue weighted by Crippen LogP contribution is -2.50. The van der Waals surface area contributed by atoms with E-state index in [0.29, 0.717) is 6.54 Å². The van der Waals surface area contributed by atoms with Gasteiger partial charge in [0.25, 0.3) is 5.91 Å². The van der Waals surface area contributed by atoms with Gasteiger partial charge in [-0.25, -0.2) is 4.79 Å². The Morgan fingerprint density at radius 2 is 1.85 bits per heavy atom. The molecule has 0 saturated carbocycles. The van der Waals surface area contributed by atoms with Crippen molar-refractivity contribution in [3.8, 4) is 0 Å². The second kappa shape index (κ2) is 9.01. The lowest BCUT2D eigenvalue weighted by molar-refractivity contribution is 0.0640. The van der Waals surface area contributed by atoms with E-state index in [9.17, 15) is 9.59 Å². The van der Waals surface area contributed by atoms with Crippen molar-refractivity contribution >= 4 is 29.0 Å². The number of anilines is 1. The highest BCUT2D eigenvalue weighted by molar-refractivity contribution is 7.08. The predicted molar refractivity (Wildman–Crippen MR) is 110 cm³/mol. The van der Waals surface area contributed by atoms with Gasteiger partial charge in [-0.15, -0.1) is 0 Å². The number of carbonyl (C=O) groups excluding carboxylic acids is 2. The van der Waals surface area contributed by atoms with Crippen LogP contribution in [0.2, 0.25) is 0 Å². The van der Waals surface area contributed by atoms with Crippen LogP contribution in [0, 0.1) is 13.8 Å². The summed E-state index contributed by atoms with van der Waals surface area (Å²) in [4.78, 5) is 28.5. The molecule has 3 rings (SSSR count). The molecule has 0 atom stereocenters. The van der Waals surface area contributed by atoms with E-state index in [0.717, 1.165) is 49.5 Å². The smallest absolute Gasteiger partial charge is 0.319 e. The van der Waals surface area contributed by atoms with E-state index in [1.807, 2.05) is 53.8 Å². The number of benzene rings is 1. The summed E-state index contributed by atoms with van der Waals surface area (Å²) in [6, 6.07) is 7.56. The maximum absolute atomic E-state index is 12.3. The minimum atomic E-state index is -0.190. The minimum Gasteiger partial charge on any atom is -0.337 e. The highest BCUT2D eigenvalue weighted by atomic mass is 32.1. The number of hydrogen-bond donors (Lipinski definition) is 2. The van der Waals surface area contributed by atoms with E-state index in [2.05, 4.69) is 15.5 Å². The van der Waals surface area contributed by atoms with Crippen LogP contribution in [0.5, 0.6) is 0 Å². The largest absolute Gasteiger partial charge is 0.337 e. The van der Waals surface area contributed by atoms with Crippen LogP contribution < -0.4 is 10.6 Å². The first-order chi connectivity index (χ1) is 13.0. The highest BCUT2D eigenvalue weighted by Crippen LogP contribution is 2.14. The van der Waals surface area contributed by atoms with Gasteiger partial charge in [-0.05, 0) is 48.6 Å². The zero-order valence-electron chi connectivity index (χ0n) is 15.8. The third-order valence-electron chi connectivity index (χ3n) is 4.91. The van der Waals surface area contributed by atoms with Crippen molar-refractivity contribution in [2.75, 3.05) is 44.6 Å². The number of amides is 3. The molecule has 7 heteroatoms. The number of aryl methyl sites for hydroxylation is 2. The van der Waals surface area contributed by atoms with Gasteiger partial charge in [-0.3, -0.25) is 9.69 Å². The topological polar surface area (TPSA) is 64.7 Å². The number of nitrogens with one attached hydrogen (secondary N) is 2. The number of piperazine rings is 1. The first-order valence-electron chi connectivity index (χ1n) is 9.19. The van der Waals surface area contributed by atoms with Crippen LogP contribution in [0.4, 0.5) is 10.5 Å². The summed E-state index contributed by atoms with van der Waals surface area (Å²) in [5, 5.41) is 9.59. The number of urea groups is 1. The third-order valence-corrected chi connectivity index (χ3v) is 5.59. The monoisotopic (exact) mass is 386 g/mol. The van der Waals surface area contributed by atoms with Crippen molar-refractivity contribution in [2.45, 2.75) is 13.8 Å². The second-order valence-corrected chi connectivity index (χ2v) is 7.61. The molecule has 0 aliphatic carbocycles. The molecule has 6 nitrogen and oxygen atoms in total. The molecular weight excluding hydrogens is 360 g/mol. The normalized spacial score (nSPS) is 14.8. The maximum atomic E-state index is 12.3. The van der Waals surface area contributed by atoms with Gasteiger partial charge in [0.05, 0.1) is 5.56 Å². The number of carbonyl (C=O) groups is 2. The molecule has 0 unspecified atom stereocenters. The lowest BCUT2D eigenvalue weighted by Gasteiger charge is -2.34. The van der Waals surface area contributed by atoms with Gasteiger partial charge in [0.1, 0.15) is 0 Å². The molecule has 1 aliphatic rings. The lowest BCUT2D eigenvalue weighted by atomic mass is 10.1. The molecule has 27 heavy (non-hydrogen) atoms. The van der Waals surface area contributed by atoms with Crippen LogP contribution in [0.1, 0.15) is 21.5 Å². The summed E-state index contributed by atoms with van der Waals surface area (Å²) >= 11 is 1.54. The van der Waals surface area contributed by atoms with Crippen molar-refractivity contribution in [1.29, 1.82) is 0 Å². The fraction of sp³-hybridized carbons (Fsp3) is 0.400.